The minimum atomic E-state index is -0.551. The van der Waals surface area contributed by atoms with Crippen LogP contribution in [0, 0.1) is 0 Å². The zero-order chi connectivity index (χ0) is 29.4. The lowest BCUT2D eigenvalue weighted by Gasteiger charge is -2.41. The topological polar surface area (TPSA) is 139 Å². The maximum absolute atomic E-state index is 12.1. The summed E-state index contributed by atoms with van der Waals surface area (Å²) in [7, 11) is 0. The zero-order valence-electron chi connectivity index (χ0n) is 23.8. The molecule has 4 N–H and O–H groups in total. The molecule has 0 bridgehead atoms. The summed E-state index contributed by atoms with van der Waals surface area (Å²) in [6.07, 6.45) is 2.31. The Hall–Kier alpha value is -2.90. The van der Waals surface area contributed by atoms with Crippen molar-refractivity contribution in [3.63, 3.8) is 0 Å². The molecule has 2 aromatic rings. The Balaban J connectivity index is 1.20. The molecule has 5 rings (SSSR count). The Kier molecular flexibility index (Phi) is 10.6. The first kappa shape index (κ1) is 30.6. The minimum absolute atomic E-state index is 0.00227. The molecule has 11 heteroatoms. The third kappa shape index (κ3) is 8.13. The summed E-state index contributed by atoms with van der Waals surface area (Å²) in [4.78, 5) is 25.6. The van der Waals surface area contributed by atoms with Crippen molar-refractivity contribution >= 4 is 11.8 Å². The van der Waals surface area contributed by atoms with Gasteiger partial charge >= 0.3 is 0 Å². The lowest BCUT2D eigenvalue weighted by molar-refractivity contribution is -0.255. The summed E-state index contributed by atoms with van der Waals surface area (Å²) < 4.78 is 24.8. The highest BCUT2D eigenvalue weighted by atomic mass is 16.7. The van der Waals surface area contributed by atoms with E-state index in [0.29, 0.717) is 32.6 Å². The Morgan fingerprint density at radius 3 is 2.19 bits per heavy atom. The minimum Gasteiger partial charge on any atom is -0.392 e. The second-order valence-corrected chi connectivity index (χ2v) is 11.2. The molecule has 0 radical (unpaired) electrons. The molecule has 3 aliphatic heterocycles. The summed E-state index contributed by atoms with van der Waals surface area (Å²) in [5.74, 6) is -1.07. The number of carbonyl (C=O) groups excluding carboxylic acids is 2. The van der Waals surface area contributed by atoms with Crippen molar-refractivity contribution in [2.75, 3.05) is 32.8 Å². The van der Waals surface area contributed by atoms with Gasteiger partial charge in [0.2, 0.25) is 11.8 Å². The summed E-state index contributed by atoms with van der Waals surface area (Å²) in [5.41, 5.74) is 5.30. The number of hydrogen-bond donors (Lipinski definition) is 4. The van der Waals surface area contributed by atoms with Gasteiger partial charge in [0.1, 0.15) is 0 Å². The maximum atomic E-state index is 12.1. The number of aliphatic hydroxyl groups excluding tert-OH is 1. The smallest absolute Gasteiger partial charge is 0.243 e. The molecule has 3 fully saturated rings. The van der Waals surface area contributed by atoms with Crippen molar-refractivity contribution in [2.45, 2.75) is 76.0 Å². The van der Waals surface area contributed by atoms with E-state index in [9.17, 15) is 14.7 Å². The van der Waals surface area contributed by atoms with Crippen LogP contribution in [-0.2, 0) is 41.7 Å². The number of likely N-dealkylation sites (tertiary alicyclic amines) is 1. The van der Waals surface area contributed by atoms with Gasteiger partial charge in [-0.05, 0) is 23.1 Å². The number of amides is 2. The van der Waals surface area contributed by atoms with E-state index in [1.807, 2.05) is 48.5 Å². The van der Waals surface area contributed by atoms with Crippen LogP contribution in [0.5, 0.6) is 0 Å². The fourth-order valence-electron chi connectivity index (χ4n) is 5.73. The standard InChI is InChI=1S/C31H41N3O8/c35-21-23-6-8-24(9-7-23)27-18-26(20-34-14-12-31(13-15-34)39-16-17-40-31)41-30(42-27)25-10-4-22(5-11-25)19-32-28(36)2-1-3-29(37)33-38/h4-11,26-27,30,35,38H,1-3,12-21H2,(H,32,36)(H,33,37)/t26-,27+,30+/m0/s1. The fraction of sp³-hybridized carbons (Fsp3) is 0.548. The van der Waals surface area contributed by atoms with E-state index < -0.39 is 18.0 Å². The number of hydrogen-bond acceptors (Lipinski definition) is 9. The van der Waals surface area contributed by atoms with Gasteiger partial charge in [-0.2, -0.15) is 0 Å². The van der Waals surface area contributed by atoms with Gasteiger partial charge in [0.05, 0.1) is 32.0 Å². The molecule has 228 valence electrons. The van der Waals surface area contributed by atoms with Crippen LogP contribution in [-0.4, -0.2) is 71.8 Å². The van der Waals surface area contributed by atoms with Crippen LogP contribution in [0.4, 0.5) is 0 Å². The summed E-state index contributed by atoms with van der Waals surface area (Å²) >= 11 is 0. The second kappa shape index (κ2) is 14.5. The van der Waals surface area contributed by atoms with Crippen molar-refractivity contribution in [3.05, 3.63) is 70.8 Å². The maximum Gasteiger partial charge on any atom is 0.243 e. The molecule has 1 spiro atoms. The summed E-state index contributed by atoms with van der Waals surface area (Å²) in [5, 5.41) is 20.9. The predicted molar refractivity (Wildman–Crippen MR) is 151 cm³/mol. The number of rotatable bonds is 11. The first-order chi connectivity index (χ1) is 20.4. The van der Waals surface area contributed by atoms with Gasteiger partial charge in [0, 0.05) is 63.8 Å². The van der Waals surface area contributed by atoms with E-state index in [2.05, 4.69) is 10.2 Å². The second-order valence-electron chi connectivity index (χ2n) is 11.2. The van der Waals surface area contributed by atoms with E-state index in [4.69, 9.17) is 24.2 Å². The quantitative estimate of drug-likeness (QED) is 0.232. The third-order valence-corrected chi connectivity index (χ3v) is 8.18. The molecular weight excluding hydrogens is 542 g/mol. The SMILES string of the molecule is O=C(CCCC(=O)NCc1ccc([C@@H]2O[C@H](CN3CCC4(CC3)OCCO4)C[C@H](c3ccc(CO)cc3)O2)cc1)NO. The van der Waals surface area contributed by atoms with Gasteiger partial charge in [-0.3, -0.25) is 14.8 Å². The first-order valence-corrected chi connectivity index (χ1v) is 14.7. The zero-order valence-corrected chi connectivity index (χ0v) is 23.8. The first-order valence-electron chi connectivity index (χ1n) is 14.7. The number of benzene rings is 2. The number of ether oxygens (including phenoxy) is 4. The van der Waals surface area contributed by atoms with Crippen LogP contribution in [0.2, 0.25) is 0 Å². The average molecular weight is 584 g/mol. The molecule has 11 nitrogen and oxygen atoms in total. The van der Waals surface area contributed by atoms with Crippen LogP contribution < -0.4 is 10.8 Å². The van der Waals surface area contributed by atoms with E-state index in [1.54, 1.807) is 5.48 Å². The van der Waals surface area contributed by atoms with Gasteiger partial charge in [0.15, 0.2) is 12.1 Å². The van der Waals surface area contributed by atoms with E-state index in [1.165, 1.54) is 0 Å². The molecule has 3 heterocycles. The average Bonchev–Trinajstić information content (AvgIpc) is 3.49. The number of piperidine rings is 1. The van der Waals surface area contributed by atoms with Gasteiger partial charge in [-0.15, -0.1) is 0 Å². The molecule has 2 amide bonds. The van der Waals surface area contributed by atoms with Crippen molar-refractivity contribution in [3.8, 4) is 0 Å². The van der Waals surface area contributed by atoms with E-state index in [0.717, 1.165) is 54.7 Å². The largest absolute Gasteiger partial charge is 0.392 e. The molecule has 3 atom stereocenters. The van der Waals surface area contributed by atoms with Crippen LogP contribution in [0.3, 0.4) is 0 Å². The van der Waals surface area contributed by atoms with Crippen LogP contribution >= 0.6 is 0 Å². The van der Waals surface area contributed by atoms with Gasteiger partial charge in [-0.1, -0.05) is 48.5 Å². The lowest BCUT2D eigenvalue weighted by atomic mass is 9.98. The van der Waals surface area contributed by atoms with Crippen LogP contribution in [0.25, 0.3) is 0 Å². The molecule has 0 aromatic heterocycles. The van der Waals surface area contributed by atoms with E-state index in [-0.39, 0.29) is 37.6 Å². The number of nitrogens with zero attached hydrogens (tertiary/aromatic N) is 1. The highest BCUT2D eigenvalue weighted by molar-refractivity contribution is 5.78. The highest BCUT2D eigenvalue weighted by Gasteiger charge is 2.41. The van der Waals surface area contributed by atoms with Crippen molar-refractivity contribution in [1.82, 2.24) is 15.7 Å². The molecular formula is C31H41N3O8. The highest BCUT2D eigenvalue weighted by Crippen LogP contribution is 2.39. The molecule has 0 aliphatic carbocycles. The molecule has 0 saturated carbocycles. The Morgan fingerprint density at radius 1 is 0.881 bits per heavy atom. The third-order valence-electron chi connectivity index (χ3n) is 8.18. The Morgan fingerprint density at radius 2 is 1.52 bits per heavy atom. The van der Waals surface area contributed by atoms with Crippen molar-refractivity contribution < 1.29 is 38.9 Å². The van der Waals surface area contributed by atoms with Gasteiger partial charge < -0.3 is 34.3 Å². The van der Waals surface area contributed by atoms with Crippen molar-refractivity contribution in [1.29, 1.82) is 0 Å². The van der Waals surface area contributed by atoms with Crippen molar-refractivity contribution in [2.24, 2.45) is 0 Å². The summed E-state index contributed by atoms with van der Waals surface area (Å²) in [6, 6.07) is 15.7. The van der Waals surface area contributed by atoms with Crippen LogP contribution in [0.15, 0.2) is 48.5 Å². The molecule has 0 unspecified atom stereocenters. The number of nitrogens with one attached hydrogen (secondary N) is 2. The molecule has 3 aliphatic rings. The predicted octanol–water partition coefficient (Wildman–Crippen LogP) is 2.86. The molecule has 2 aromatic carbocycles. The Labute approximate surface area is 246 Å². The number of aliphatic hydroxyl groups is 1. The lowest BCUT2D eigenvalue weighted by Crippen LogP contribution is -2.48. The summed E-state index contributed by atoms with van der Waals surface area (Å²) in [6.45, 7) is 4.25. The van der Waals surface area contributed by atoms with Gasteiger partial charge in [0.25, 0.3) is 0 Å². The van der Waals surface area contributed by atoms with E-state index >= 15 is 0 Å². The fourth-order valence-corrected chi connectivity index (χ4v) is 5.73. The molecule has 3 saturated heterocycles. The molecule has 42 heavy (non-hydrogen) atoms. The Bertz CT molecular complexity index is 1160. The van der Waals surface area contributed by atoms with Gasteiger partial charge in [-0.25, -0.2) is 5.48 Å². The number of hydroxylamine groups is 1. The monoisotopic (exact) mass is 583 g/mol. The van der Waals surface area contributed by atoms with Crippen LogP contribution in [0.1, 0.15) is 73.2 Å². The number of carbonyl (C=O) groups is 2. The normalized spacial score (nSPS) is 24.0.